The van der Waals surface area contributed by atoms with Crippen LogP contribution in [0.5, 0.6) is 0 Å². The number of carbonyl (C=O) groups is 1. The normalized spacial score (nSPS) is 11.1. The van der Waals surface area contributed by atoms with Crippen molar-refractivity contribution in [3.05, 3.63) is 17.8 Å². The Balaban J connectivity index is 2.75. The molecule has 0 bridgehead atoms. The Morgan fingerprint density at radius 2 is 2.00 bits per heavy atom. The number of anilines is 1. The number of nitrogens with one attached hydrogen (secondary N) is 1. The number of amides is 1. The average molecular weight is 236 g/mol. The Morgan fingerprint density at radius 3 is 2.41 bits per heavy atom. The van der Waals surface area contributed by atoms with E-state index in [0.29, 0.717) is 18.1 Å². The van der Waals surface area contributed by atoms with Crippen LogP contribution in [-0.2, 0) is 0 Å². The summed E-state index contributed by atoms with van der Waals surface area (Å²) >= 11 is 0. The lowest BCUT2D eigenvalue weighted by Crippen LogP contribution is -2.35. The van der Waals surface area contributed by atoms with Gasteiger partial charge in [0.15, 0.2) is 5.69 Å². The molecule has 1 rings (SSSR count). The monoisotopic (exact) mass is 236 g/mol. The summed E-state index contributed by atoms with van der Waals surface area (Å²) in [4.78, 5) is 13.7. The largest absolute Gasteiger partial charge is 0.372 e. The number of aromatic nitrogens is 2. The van der Waals surface area contributed by atoms with E-state index in [1.54, 1.807) is 31.1 Å². The molecule has 0 aliphatic rings. The van der Waals surface area contributed by atoms with Crippen LogP contribution < -0.4 is 5.32 Å². The fourth-order valence-electron chi connectivity index (χ4n) is 1.56. The highest BCUT2D eigenvalue weighted by Gasteiger charge is 2.19. The van der Waals surface area contributed by atoms with Gasteiger partial charge in [-0.25, -0.2) is 0 Å². The molecule has 0 spiro atoms. The number of rotatable bonds is 3. The first kappa shape index (κ1) is 13.4. The smallest absolute Gasteiger partial charge is 0.274 e. The van der Waals surface area contributed by atoms with Gasteiger partial charge in [0.05, 0.1) is 0 Å². The lowest BCUT2D eigenvalue weighted by molar-refractivity contribution is 0.0738. The fraction of sp³-hybridized carbons (Fsp3) is 0.583. The molecule has 1 N–H and O–H groups in total. The topological polar surface area (TPSA) is 58.1 Å². The van der Waals surface area contributed by atoms with Gasteiger partial charge in [-0.15, -0.1) is 10.2 Å². The highest BCUT2D eigenvalue weighted by atomic mass is 16.2. The summed E-state index contributed by atoms with van der Waals surface area (Å²) in [5.74, 6) is 0.551. The molecule has 17 heavy (non-hydrogen) atoms. The van der Waals surface area contributed by atoms with Crippen molar-refractivity contribution < 1.29 is 4.79 Å². The van der Waals surface area contributed by atoms with Gasteiger partial charge in [0.2, 0.25) is 0 Å². The maximum Gasteiger partial charge on any atom is 0.274 e. The lowest BCUT2D eigenvalue weighted by atomic mass is 9.96. The summed E-state index contributed by atoms with van der Waals surface area (Å²) in [5, 5.41) is 10.6. The zero-order chi connectivity index (χ0) is 13.1. The minimum Gasteiger partial charge on any atom is -0.372 e. The van der Waals surface area contributed by atoms with Crippen molar-refractivity contribution in [1.29, 1.82) is 0 Å². The number of nitrogens with zero attached hydrogens (tertiary/aromatic N) is 3. The Morgan fingerprint density at radius 1 is 1.35 bits per heavy atom. The van der Waals surface area contributed by atoms with Crippen molar-refractivity contribution >= 4 is 11.7 Å². The molecule has 1 amide bonds. The summed E-state index contributed by atoms with van der Waals surface area (Å²) in [7, 11) is 3.54. The van der Waals surface area contributed by atoms with Gasteiger partial charge >= 0.3 is 0 Å². The third-order valence-electron chi connectivity index (χ3n) is 2.20. The summed E-state index contributed by atoms with van der Waals surface area (Å²) in [6.45, 7) is 6.95. The highest BCUT2D eigenvalue weighted by Crippen LogP contribution is 2.15. The Kier molecular flexibility index (Phi) is 4.04. The molecule has 0 saturated carbocycles. The summed E-state index contributed by atoms with van der Waals surface area (Å²) < 4.78 is 0. The van der Waals surface area contributed by atoms with E-state index >= 15 is 0 Å². The first-order valence-corrected chi connectivity index (χ1v) is 5.60. The van der Waals surface area contributed by atoms with E-state index in [4.69, 9.17) is 0 Å². The van der Waals surface area contributed by atoms with Crippen LogP contribution in [0.2, 0.25) is 0 Å². The molecule has 1 heterocycles. The van der Waals surface area contributed by atoms with Crippen molar-refractivity contribution in [3.8, 4) is 0 Å². The van der Waals surface area contributed by atoms with Gasteiger partial charge in [0.1, 0.15) is 5.82 Å². The summed E-state index contributed by atoms with van der Waals surface area (Å²) in [6.07, 6.45) is 0. The molecule has 0 atom stereocenters. The second-order valence-corrected chi connectivity index (χ2v) is 5.28. The highest BCUT2D eigenvalue weighted by molar-refractivity contribution is 5.92. The second kappa shape index (κ2) is 5.12. The van der Waals surface area contributed by atoms with Crippen molar-refractivity contribution in [3.63, 3.8) is 0 Å². The Hall–Kier alpha value is -1.65. The third kappa shape index (κ3) is 4.01. The standard InChI is InChI=1S/C12H20N4O/c1-12(2,3)8-16(5)11(17)9-6-7-10(13-4)15-14-9/h6-7H,8H2,1-5H3,(H,13,15). The maximum atomic E-state index is 12.0. The summed E-state index contributed by atoms with van der Waals surface area (Å²) in [6, 6.07) is 3.42. The van der Waals surface area contributed by atoms with Crippen LogP contribution in [0.25, 0.3) is 0 Å². The molecule has 5 nitrogen and oxygen atoms in total. The van der Waals surface area contributed by atoms with E-state index in [-0.39, 0.29) is 11.3 Å². The summed E-state index contributed by atoms with van der Waals surface area (Å²) in [5.41, 5.74) is 0.443. The number of hydrogen-bond acceptors (Lipinski definition) is 4. The van der Waals surface area contributed by atoms with E-state index in [1.807, 2.05) is 0 Å². The molecule has 0 aromatic carbocycles. The van der Waals surface area contributed by atoms with Crippen LogP contribution >= 0.6 is 0 Å². The van der Waals surface area contributed by atoms with E-state index in [1.165, 1.54) is 0 Å². The zero-order valence-corrected chi connectivity index (χ0v) is 11.1. The predicted molar refractivity (Wildman–Crippen MR) is 68.0 cm³/mol. The predicted octanol–water partition coefficient (Wildman–Crippen LogP) is 1.64. The maximum absolute atomic E-state index is 12.0. The van der Waals surface area contributed by atoms with Gasteiger partial charge < -0.3 is 10.2 Å². The van der Waals surface area contributed by atoms with Crippen LogP contribution in [0.3, 0.4) is 0 Å². The van der Waals surface area contributed by atoms with Crippen molar-refractivity contribution in [2.45, 2.75) is 20.8 Å². The lowest BCUT2D eigenvalue weighted by Gasteiger charge is -2.26. The van der Waals surface area contributed by atoms with Crippen LogP contribution in [-0.4, -0.2) is 41.6 Å². The second-order valence-electron chi connectivity index (χ2n) is 5.28. The molecule has 94 valence electrons. The van der Waals surface area contributed by atoms with Gasteiger partial charge in [0, 0.05) is 20.6 Å². The molecule has 0 aliphatic heterocycles. The quantitative estimate of drug-likeness (QED) is 0.866. The molecular weight excluding hydrogens is 216 g/mol. The van der Waals surface area contributed by atoms with Crippen LogP contribution in [0.15, 0.2) is 12.1 Å². The first-order valence-electron chi connectivity index (χ1n) is 5.60. The Bertz CT molecular complexity index is 380. The van der Waals surface area contributed by atoms with Crippen LogP contribution in [0.4, 0.5) is 5.82 Å². The molecule has 5 heteroatoms. The van der Waals surface area contributed by atoms with Gasteiger partial charge in [-0.2, -0.15) is 0 Å². The van der Waals surface area contributed by atoms with Crippen molar-refractivity contribution in [2.24, 2.45) is 5.41 Å². The molecule has 0 aliphatic carbocycles. The third-order valence-corrected chi connectivity index (χ3v) is 2.20. The first-order chi connectivity index (χ1) is 7.83. The Labute approximate surface area is 102 Å². The van der Waals surface area contributed by atoms with Crippen molar-refractivity contribution in [1.82, 2.24) is 15.1 Å². The number of hydrogen-bond donors (Lipinski definition) is 1. The average Bonchev–Trinajstić information content (AvgIpc) is 2.26. The van der Waals surface area contributed by atoms with Gasteiger partial charge in [-0.05, 0) is 17.5 Å². The number of carbonyl (C=O) groups excluding carboxylic acids is 1. The molecule has 1 aromatic rings. The van der Waals surface area contributed by atoms with Crippen LogP contribution in [0.1, 0.15) is 31.3 Å². The van der Waals surface area contributed by atoms with E-state index in [0.717, 1.165) is 0 Å². The van der Waals surface area contributed by atoms with Crippen molar-refractivity contribution in [2.75, 3.05) is 26.0 Å². The van der Waals surface area contributed by atoms with E-state index in [9.17, 15) is 4.79 Å². The molecule has 0 radical (unpaired) electrons. The van der Waals surface area contributed by atoms with Gasteiger partial charge in [-0.1, -0.05) is 20.8 Å². The van der Waals surface area contributed by atoms with E-state index in [2.05, 4.69) is 36.3 Å². The minimum atomic E-state index is -0.102. The van der Waals surface area contributed by atoms with Gasteiger partial charge in [-0.3, -0.25) is 4.79 Å². The molecule has 0 unspecified atom stereocenters. The SMILES string of the molecule is CNc1ccc(C(=O)N(C)CC(C)(C)C)nn1. The van der Waals surface area contributed by atoms with E-state index < -0.39 is 0 Å². The zero-order valence-electron chi connectivity index (χ0n) is 11.1. The minimum absolute atomic E-state index is 0.0722. The molecule has 0 fully saturated rings. The molecular formula is C12H20N4O. The molecule has 0 saturated heterocycles. The fourth-order valence-corrected chi connectivity index (χ4v) is 1.56. The molecule has 1 aromatic heterocycles. The van der Waals surface area contributed by atoms with Crippen LogP contribution in [0, 0.1) is 5.41 Å². The van der Waals surface area contributed by atoms with Gasteiger partial charge in [0.25, 0.3) is 5.91 Å².